The monoisotopic (exact) mass is 844 g/mol. The number of para-hydroxylation sites is 1. The second-order valence-electron chi connectivity index (χ2n) is 17.3. The minimum Gasteiger partial charge on any atom is -0.507 e. The fourth-order valence-corrected chi connectivity index (χ4v) is 9.59. The molecule has 2 aromatic carbocycles. The van der Waals surface area contributed by atoms with E-state index in [4.69, 9.17) is 10.5 Å². The second kappa shape index (κ2) is 17.0. The number of aromatic nitrogens is 4. The smallest absolute Gasteiger partial charge is 0.328 e. The van der Waals surface area contributed by atoms with Gasteiger partial charge in [-0.3, -0.25) is 19.8 Å². The third-order valence-electron chi connectivity index (χ3n) is 13.3. The first kappa shape index (κ1) is 41.2. The minimum atomic E-state index is -1.08. The number of phenols is 1. The third-order valence-corrected chi connectivity index (χ3v) is 13.3. The molecule has 0 bridgehead atoms. The highest BCUT2D eigenvalue weighted by Crippen LogP contribution is 2.38. The summed E-state index contributed by atoms with van der Waals surface area (Å²) in [6.45, 7) is 10.1. The van der Waals surface area contributed by atoms with Gasteiger partial charge in [-0.1, -0.05) is 24.3 Å². The molecule has 62 heavy (non-hydrogen) atoms. The number of amides is 4. The number of alkyl halides is 1. The van der Waals surface area contributed by atoms with Crippen LogP contribution in [0.3, 0.4) is 0 Å². The number of nitrogens with zero attached hydrogens (tertiary/aromatic N) is 8. The quantitative estimate of drug-likeness (QED) is 0.166. The van der Waals surface area contributed by atoms with Crippen molar-refractivity contribution < 1.29 is 28.6 Å². The molecular formula is C46H53FN10O5. The number of carbonyl (C=O) groups excluding carboxylic acids is 3. The van der Waals surface area contributed by atoms with Crippen molar-refractivity contribution in [1.82, 2.24) is 34.9 Å². The molecule has 4 fully saturated rings. The Morgan fingerprint density at radius 1 is 0.984 bits per heavy atom. The van der Waals surface area contributed by atoms with Crippen molar-refractivity contribution in [2.45, 2.75) is 76.9 Å². The number of nitrogens with two attached hydrogens (primary N) is 1. The summed E-state index contributed by atoms with van der Waals surface area (Å²) < 4.78 is 24.4. The Hall–Kier alpha value is -6.13. The molecule has 5 atom stereocenters. The summed E-state index contributed by atoms with van der Waals surface area (Å²) in [5.41, 5.74) is 12.0. The highest BCUT2D eigenvalue weighted by molar-refractivity contribution is 6.06. The van der Waals surface area contributed by atoms with Crippen molar-refractivity contribution >= 4 is 46.1 Å². The molecule has 0 radical (unpaired) electrons. The number of rotatable bonds is 8. The largest absolute Gasteiger partial charge is 0.507 e. The van der Waals surface area contributed by atoms with Gasteiger partial charge in [-0.15, -0.1) is 10.2 Å². The van der Waals surface area contributed by atoms with Gasteiger partial charge in [0.25, 0.3) is 5.91 Å². The number of imide groups is 1. The normalized spacial score (nSPS) is 24.1. The van der Waals surface area contributed by atoms with E-state index in [0.29, 0.717) is 72.5 Å². The van der Waals surface area contributed by atoms with Gasteiger partial charge in [0.05, 0.1) is 41.5 Å². The summed E-state index contributed by atoms with van der Waals surface area (Å²) in [4.78, 5) is 50.3. The van der Waals surface area contributed by atoms with Crippen LogP contribution in [0, 0.1) is 12.8 Å². The fourth-order valence-electron chi connectivity index (χ4n) is 9.59. The number of aryl methyl sites for hydroxylation is 1. The molecule has 4 saturated heterocycles. The number of morpholine rings is 1. The van der Waals surface area contributed by atoms with Gasteiger partial charge in [0.2, 0.25) is 5.91 Å². The zero-order valence-corrected chi connectivity index (χ0v) is 35.3. The van der Waals surface area contributed by atoms with E-state index < -0.39 is 12.2 Å². The van der Waals surface area contributed by atoms with Gasteiger partial charge in [0.1, 0.15) is 23.7 Å². The van der Waals surface area contributed by atoms with E-state index in [9.17, 15) is 19.5 Å². The number of ether oxygens (including phenoxy) is 1. The van der Waals surface area contributed by atoms with Crippen molar-refractivity contribution in [3.8, 4) is 17.0 Å². The molecule has 0 aliphatic carbocycles. The lowest BCUT2D eigenvalue weighted by molar-refractivity contribution is -0.120. The number of halogens is 1. The predicted octanol–water partition coefficient (Wildman–Crippen LogP) is 6.03. The van der Waals surface area contributed by atoms with E-state index in [0.717, 1.165) is 48.1 Å². The van der Waals surface area contributed by atoms with Crippen molar-refractivity contribution in [2.24, 2.45) is 5.92 Å². The van der Waals surface area contributed by atoms with Crippen LogP contribution in [0.15, 0.2) is 73.1 Å². The fraction of sp³-hybridized carbons (Fsp3) is 0.435. The molecule has 4 N–H and O–H groups in total. The van der Waals surface area contributed by atoms with E-state index in [1.54, 1.807) is 24.4 Å². The van der Waals surface area contributed by atoms with E-state index in [1.807, 2.05) is 72.0 Å². The molecule has 5 aromatic rings. The molecule has 7 heterocycles. The first-order valence-electron chi connectivity index (χ1n) is 21.6. The first-order chi connectivity index (χ1) is 29.9. The van der Waals surface area contributed by atoms with Crippen LogP contribution in [-0.4, -0.2) is 117 Å². The summed E-state index contributed by atoms with van der Waals surface area (Å²) in [6.07, 6.45) is 4.68. The number of nitrogens with one attached hydrogen (secondary N) is 1. The summed E-state index contributed by atoms with van der Waals surface area (Å²) in [5.74, 6) is 0.496. The van der Waals surface area contributed by atoms with E-state index in [-0.39, 0.29) is 54.8 Å². The highest BCUT2D eigenvalue weighted by atomic mass is 19.1. The van der Waals surface area contributed by atoms with Crippen LogP contribution >= 0.6 is 0 Å². The standard InChI is InChI=1S/C46H53FN10O5/c1-27-23-57(44-35(27)20-33(22-49-44)55-19-15-42(59)50-46(55)61)38-14-16-53(25-36(38)47)24-30-12-17-54(18-13-30)45(60)32-10-8-31(9-11-32)41-26-56(28(2)29(3)62-41)39-21-37(51-52-43(39)48)34-6-4-5-7-40(34)58/h4-11,20-23,28-30,36,38,41,58H,12-19,24-26H2,1-3H3,(H2,48,52)(H,50,59,61)/t28-,29+,36+,38+,41+/m0/s1. The van der Waals surface area contributed by atoms with Crippen LogP contribution in [0.5, 0.6) is 5.75 Å². The number of piperidine rings is 2. The van der Waals surface area contributed by atoms with Crippen LogP contribution in [-0.2, 0) is 9.53 Å². The lowest BCUT2D eigenvalue weighted by Gasteiger charge is -2.43. The van der Waals surface area contributed by atoms with Gasteiger partial charge in [0, 0.05) is 74.9 Å². The molecule has 0 spiro atoms. The number of anilines is 3. The number of fused-ring (bicyclic) bond motifs is 1. The highest BCUT2D eigenvalue weighted by Gasteiger charge is 2.36. The minimum absolute atomic E-state index is 0.00409. The van der Waals surface area contributed by atoms with Crippen LogP contribution in [0.4, 0.5) is 26.4 Å². The van der Waals surface area contributed by atoms with E-state index >= 15 is 4.39 Å². The summed E-state index contributed by atoms with van der Waals surface area (Å²) in [6, 6.07) is 17.6. The lowest BCUT2D eigenvalue weighted by Crippen LogP contribution is -2.50. The number of likely N-dealkylation sites (tertiary alicyclic amines) is 2. The number of aromatic hydroxyl groups is 1. The van der Waals surface area contributed by atoms with Gasteiger partial charge >= 0.3 is 6.03 Å². The molecule has 0 saturated carbocycles. The molecule has 0 unspecified atom stereocenters. The topological polar surface area (TPSA) is 175 Å². The average molecular weight is 845 g/mol. The second-order valence-corrected chi connectivity index (χ2v) is 17.3. The maximum atomic E-state index is 16.0. The molecule has 4 amide bonds. The van der Waals surface area contributed by atoms with Gasteiger partial charge < -0.3 is 34.8 Å². The number of urea groups is 1. The Bertz CT molecular complexity index is 2490. The van der Waals surface area contributed by atoms with Crippen LogP contribution in [0.25, 0.3) is 22.3 Å². The van der Waals surface area contributed by atoms with Crippen LogP contribution in [0.1, 0.15) is 73.2 Å². The van der Waals surface area contributed by atoms with Gasteiger partial charge in [-0.25, -0.2) is 14.2 Å². The molecule has 9 rings (SSSR count). The zero-order chi connectivity index (χ0) is 43.2. The zero-order valence-electron chi connectivity index (χ0n) is 35.3. The molecule has 3 aromatic heterocycles. The lowest BCUT2D eigenvalue weighted by atomic mass is 9.93. The predicted molar refractivity (Wildman–Crippen MR) is 234 cm³/mol. The Kier molecular flexibility index (Phi) is 11.3. The molecule has 324 valence electrons. The first-order valence-corrected chi connectivity index (χ1v) is 21.6. The van der Waals surface area contributed by atoms with Crippen molar-refractivity contribution in [1.29, 1.82) is 0 Å². The maximum Gasteiger partial charge on any atom is 0.328 e. The SMILES string of the molecule is Cc1cn([C@@H]2CCN(CC3CCN(C(=O)c4ccc([C@H]5CN(c6cc(-c7ccccc7O)nnc6N)[C@@H](C)[C@@H](C)O5)cc4)CC3)C[C@H]2F)c2ncc(N3CCC(=O)NC3=O)cc12. The molecular weight excluding hydrogens is 792 g/mol. The number of hydrogen-bond donors (Lipinski definition) is 3. The number of benzene rings is 2. The number of nitrogen functional groups attached to an aromatic ring is 1. The average Bonchev–Trinajstić information content (AvgIpc) is 3.60. The summed E-state index contributed by atoms with van der Waals surface area (Å²) in [5, 5.41) is 22.2. The summed E-state index contributed by atoms with van der Waals surface area (Å²) >= 11 is 0. The Morgan fingerprint density at radius 3 is 2.50 bits per heavy atom. The Labute approximate surface area is 359 Å². The number of hydrogen-bond acceptors (Lipinski definition) is 11. The van der Waals surface area contributed by atoms with Crippen LogP contribution in [0.2, 0.25) is 0 Å². The van der Waals surface area contributed by atoms with Gasteiger partial charge in [0.15, 0.2) is 5.82 Å². The maximum absolute atomic E-state index is 16.0. The van der Waals surface area contributed by atoms with E-state index in [1.165, 1.54) is 4.90 Å². The molecule has 4 aliphatic rings. The molecule has 15 nitrogen and oxygen atoms in total. The Morgan fingerprint density at radius 2 is 1.76 bits per heavy atom. The van der Waals surface area contributed by atoms with Crippen molar-refractivity contribution in [2.75, 3.05) is 61.3 Å². The van der Waals surface area contributed by atoms with Gasteiger partial charge in [-0.2, -0.15) is 0 Å². The molecule has 16 heteroatoms. The van der Waals surface area contributed by atoms with Crippen molar-refractivity contribution in [3.05, 3.63) is 89.7 Å². The summed E-state index contributed by atoms with van der Waals surface area (Å²) in [7, 11) is 0. The number of pyridine rings is 1. The number of phenolic OH excluding ortho intramolecular Hbond substituents is 1. The Balaban J connectivity index is 0.780. The molecule has 4 aliphatic heterocycles. The third kappa shape index (κ3) is 8.04. The van der Waals surface area contributed by atoms with Gasteiger partial charge in [-0.05, 0) is 93.5 Å². The van der Waals surface area contributed by atoms with E-state index in [2.05, 4.69) is 37.2 Å². The van der Waals surface area contributed by atoms with Crippen molar-refractivity contribution in [3.63, 3.8) is 0 Å². The van der Waals surface area contributed by atoms with Crippen LogP contribution < -0.4 is 20.9 Å². The number of carbonyl (C=O) groups is 3.